The van der Waals surface area contributed by atoms with Crippen LogP contribution in [0.5, 0.6) is 5.75 Å². The minimum absolute atomic E-state index is 0.190. The van der Waals surface area contributed by atoms with Crippen LogP contribution in [0, 0.1) is 6.92 Å². The lowest BCUT2D eigenvalue weighted by atomic mass is 10.1. The minimum atomic E-state index is -4.56. The fraction of sp³-hybridized carbons (Fsp3) is 0.235. The Morgan fingerprint density at radius 2 is 2.00 bits per heavy atom. The molecule has 1 aromatic heterocycles. The number of esters is 1. The summed E-state index contributed by atoms with van der Waals surface area (Å²) in [5.74, 6) is -0.886. The maximum absolute atomic E-state index is 12.6. The van der Waals surface area contributed by atoms with E-state index in [2.05, 4.69) is 15.0 Å². The summed E-state index contributed by atoms with van der Waals surface area (Å²) >= 11 is -0.451. The molecule has 6 nitrogen and oxygen atoms in total. The average Bonchev–Trinajstić information content (AvgIpc) is 2.60. The maximum Gasteiger partial charge on any atom is 0.447 e. The van der Waals surface area contributed by atoms with Gasteiger partial charge in [-0.05, 0) is 42.8 Å². The number of hydrogen-bond acceptors (Lipinski definition) is 6. The Hall–Kier alpha value is -2.75. The summed E-state index contributed by atoms with van der Waals surface area (Å²) < 4.78 is 47.6. The van der Waals surface area contributed by atoms with E-state index < -0.39 is 34.2 Å². The lowest BCUT2D eigenvalue weighted by molar-refractivity contribution is -0.142. The number of carbonyl (C=O) groups excluding carboxylic acids is 2. The molecule has 2 aromatic rings. The zero-order valence-electron chi connectivity index (χ0n) is 14.3. The van der Waals surface area contributed by atoms with Crippen LogP contribution < -0.4 is 10.1 Å². The number of anilines is 1. The molecule has 0 aliphatic heterocycles. The highest BCUT2D eigenvalue weighted by Crippen LogP contribution is 2.37. The highest BCUT2D eigenvalue weighted by atomic mass is 32.2. The molecule has 0 fully saturated rings. The highest BCUT2D eigenvalue weighted by molar-refractivity contribution is 8.00. The molecule has 0 saturated heterocycles. The summed E-state index contributed by atoms with van der Waals surface area (Å²) in [6, 6.07) is 7.26. The van der Waals surface area contributed by atoms with Crippen molar-refractivity contribution in [2.45, 2.75) is 17.5 Å². The summed E-state index contributed by atoms with van der Waals surface area (Å²) in [4.78, 5) is 27.1. The van der Waals surface area contributed by atoms with E-state index in [9.17, 15) is 22.8 Å². The van der Waals surface area contributed by atoms with Crippen molar-refractivity contribution >= 4 is 29.3 Å². The minimum Gasteiger partial charge on any atom is -0.482 e. The molecule has 1 amide bonds. The van der Waals surface area contributed by atoms with Gasteiger partial charge < -0.3 is 14.8 Å². The highest BCUT2D eigenvalue weighted by Gasteiger charge is 2.32. The number of nitrogens with zero attached hydrogens (tertiary/aromatic N) is 1. The van der Waals surface area contributed by atoms with Crippen LogP contribution in [0.3, 0.4) is 0 Å². The quantitative estimate of drug-likeness (QED) is 0.587. The molecule has 27 heavy (non-hydrogen) atoms. The molecule has 144 valence electrons. The summed E-state index contributed by atoms with van der Waals surface area (Å²) in [7, 11) is 1.24. The summed E-state index contributed by atoms with van der Waals surface area (Å²) in [5, 5.41) is 2.12. The molecule has 1 N–H and O–H groups in total. The number of thioether (sulfide) groups is 1. The Labute approximate surface area is 157 Å². The average molecular weight is 400 g/mol. The second kappa shape index (κ2) is 8.76. The number of methoxy groups -OCH3 is 1. The predicted molar refractivity (Wildman–Crippen MR) is 92.8 cm³/mol. The first-order valence-electron chi connectivity index (χ1n) is 7.52. The van der Waals surface area contributed by atoms with Crippen molar-refractivity contribution < 1.29 is 32.2 Å². The molecule has 0 spiro atoms. The Bertz CT molecular complexity index is 843. The van der Waals surface area contributed by atoms with Crippen LogP contribution in [-0.4, -0.2) is 36.1 Å². The Morgan fingerprint density at radius 3 is 2.63 bits per heavy atom. The molecule has 0 unspecified atom stereocenters. The molecule has 10 heteroatoms. The standard InChI is InChI=1S/C17H15F3N2O4S/c1-10-8-11(26-9-14(23)25-2)5-6-13(10)22-15(24)12-4-3-7-21-16(12)27-17(18,19)20/h3-8H,9H2,1-2H3,(H,22,24). The van der Waals surface area contributed by atoms with Gasteiger partial charge in [0.15, 0.2) is 6.61 Å². The number of nitrogens with one attached hydrogen (secondary N) is 1. The molecule has 0 bridgehead atoms. The van der Waals surface area contributed by atoms with Gasteiger partial charge in [0.25, 0.3) is 5.91 Å². The van der Waals surface area contributed by atoms with Gasteiger partial charge in [0.2, 0.25) is 0 Å². The molecule has 2 rings (SSSR count). The van der Waals surface area contributed by atoms with E-state index in [1.165, 1.54) is 37.6 Å². The number of aromatic nitrogens is 1. The van der Waals surface area contributed by atoms with Crippen molar-refractivity contribution in [2.75, 3.05) is 19.0 Å². The normalized spacial score (nSPS) is 11.0. The smallest absolute Gasteiger partial charge is 0.447 e. The van der Waals surface area contributed by atoms with E-state index in [0.717, 1.165) is 0 Å². The number of hydrogen-bond donors (Lipinski definition) is 1. The molecule has 0 aliphatic carbocycles. The van der Waals surface area contributed by atoms with Gasteiger partial charge in [-0.1, -0.05) is 0 Å². The van der Waals surface area contributed by atoms with Crippen LogP contribution in [0.4, 0.5) is 18.9 Å². The molecular formula is C17H15F3N2O4S. The first-order valence-corrected chi connectivity index (χ1v) is 8.33. The molecule has 0 aliphatic rings. The molecule has 0 saturated carbocycles. The van der Waals surface area contributed by atoms with Gasteiger partial charge in [0.1, 0.15) is 10.8 Å². The molecule has 1 heterocycles. The van der Waals surface area contributed by atoms with Gasteiger partial charge >= 0.3 is 11.5 Å². The number of carbonyl (C=O) groups is 2. The van der Waals surface area contributed by atoms with Crippen LogP contribution in [-0.2, 0) is 9.53 Å². The maximum atomic E-state index is 12.6. The van der Waals surface area contributed by atoms with Gasteiger partial charge in [-0.25, -0.2) is 9.78 Å². The van der Waals surface area contributed by atoms with Crippen LogP contribution in [0.15, 0.2) is 41.6 Å². The number of ether oxygens (including phenoxy) is 2. The second-order valence-corrected chi connectivity index (χ2v) is 6.25. The summed E-state index contributed by atoms with van der Waals surface area (Å²) in [5.41, 5.74) is -3.76. The number of rotatable bonds is 6. The number of benzene rings is 1. The van der Waals surface area contributed by atoms with Crippen molar-refractivity contribution in [3.05, 3.63) is 47.7 Å². The fourth-order valence-electron chi connectivity index (χ4n) is 2.01. The summed E-state index contributed by atoms with van der Waals surface area (Å²) in [6.07, 6.45) is 1.18. The van der Waals surface area contributed by atoms with Crippen molar-refractivity contribution in [1.82, 2.24) is 4.98 Å². The zero-order chi connectivity index (χ0) is 20.0. The van der Waals surface area contributed by atoms with Crippen LogP contribution in [0.25, 0.3) is 0 Å². The van der Waals surface area contributed by atoms with Crippen LogP contribution in [0.2, 0.25) is 0 Å². The van der Waals surface area contributed by atoms with E-state index in [1.807, 2.05) is 0 Å². The molecular weight excluding hydrogens is 385 g/mol. The monoisotopic (exact) mass is 400 g/mol. The third-order valence-electron chi connectivity index (χ3n) is 3.26. The third kappa shape index (κ3) is 6.17. The third-order valence-corrected chi connectivity index (χ3v) is 4.01. The van der Waals surface area contributed by atoms with Crippen molar-refractivity contribution in [1.29, 1.82) is 0 Å². The first-order chi connectivity index (χ1) is 12.7. The lowest BCUT2D eigenvalue weighted by Crippen LogP contribution is -2.16. The Kier molecular flexibility index (Phi) is 6.67. The second-order valence-electron chi connectivity index (χ2n) is 5.20. The SMILES string of the molecule is COC(=O)COc1ccc(NC(=O)c2cccnc2SC(F)(F)F)c(C)c1. The number of alkyl halides is 3. The predicted octanol–water partition coefficient (Wildman–Crippen LogP) is 3.81. The number of amides is 1. The number of aryl methyl sites for hydroxylation is 1. The first kappa shape index (κ1) is 20.6. The Balaban J connectivity index is 2.13. The summed E-state index contributed by atoms with van der Waals surface area (Å²) in [6.45, 7) is 1.41. The van der Waals surface area contributed by atoms with Gasteiger partial charge in [-0.2, -0.15) is 13.2 Å². The van der Waals surface area contributed by atoms with E-state index in [4.69, 9.17) is 4.74 Å². The van der Waals surface area contributed by atoms with Crippen LogP contribution in [0.1, 0.15) is 15.9 Å². The van der Waals surface area contributed by atoms with Crippen molar-refractivity contribution in [2.24, 2.45) is 0 Å². The van der Waals surface area contributed by atoms with Gasteiger partial charge in [-0.15, -0.1) is 0 Å². The van der Waals surface area contributed by atoms with E-state index in [0.29, 0.717) is 17.0 Å². The Morgan fingerprint density at radius 1 is 1.26 bits per heavy atom. The molecule has 0 atom stereocenters. The molecule has 0 radical (unpaired) electrons. The van der Waals surface area contributed by atoms with Crippen LogP contribution >= 0.6 is 11.8 Å². The van der Waals surface area contributed by atoms with E-state index in [1.54, 1.807) is 13.0 Å². The zero-order valence-corrected chi connectivity index (χ0v) is 15.1. The topological polar surface area (TPSA) is 77.5 Å². The van der Waals surface area contributed by atoms with E-state index >= 15 is 0 Å². The van der Waals surface area contributed by atoms with Crippen molar-refractivity contribution in [3.63, 3.8) is 0 Å². The van der Waals surface area contributed by atoms with Crippen molar-refractivity contribution in [3.8, 4) is 5.75 Å². The van der Waals surface area contributed by atoms with Gasteiger partial charge in [0.05, 0.1) is 12.7 Å². The largest absolute Gasteiger partial charge is 0.482 e. The van der Waals surface area contributed by atoms with E-state index in [-0.39, 0.29) is 12.2 Å². The number of halogens is 3. The number of pyridine rings is 1. The van der Waals surface area contributed by atoms with Gasteiger partial charge in [0, 0.05) is 23.6 Å². The molecule has 1 aromatic carbocycles. The van der Waals surface area contributed by atoms with Gasteiger partial charge in [-0.3, -0.25) is 4.79 Å². The lowest BCUT2D eigenvalue weighted by Gasteiger charge is -2.13. The fourth-order valence-corrected chi connectivity index (χ4v) is 2.62.